The Kier molecular flexibility index (Phi) is 2.37. The highest BCUT2D eigenvalue weighted by molar-refractivity contribution is 5.81. The second-order valence-corrected chi connectivity index (χ2v) is 3.29. The van der Waals surface area contributed by atoms with Gasteiger partial charge in [0.15, 0.2) is 0 Å². The van der Waals surface area contributed by atoms with Crippen LogP contribution in [0.1, 0.15) is 12.2 Å². The molecule has 0 bridgehead atoms. The van der Waals surface area contributed by atoms with Crippen LogP contribution < -0.4 is 5.73 Å². The maximum Gasteiger partial charge on any atom is 0.134 e. The largest absolute Gasteiger partial charge is 0.456 e. The highest BCUT2D eigenvalue weighted by Crippen LogP contribution is 2.24. The van der Waals surface area contributed by atoms with Crippen LogP contribution in [-0.2, 0) is 0 Å². The zero-order valence-corrected chi connectivity index (χ0v) is 7.99. The van der Waals surface area contributed by atoms with Crippen LogP contribution in [0.2, 0.25) is 0 Å². The predicted molar refractivity (Wildman–Crippen MR) is 58.9 cm³/mol. The van der Waals surface area contributed by atoms with E-state index in [4.69, 9.17) is 10.2 Å². The van der Waals surface area contributed by atoms with Gasteiger partial charge in [-0.05, 0) is 30.7 Å². The Morgan fingerprint density at radius 3 is 2.86 bits per heavy atom. The molecule has 2 heteroatoms. The van der Waals surface area contributed by atoms with Crippen molar-refractivity contribution in [1.82, 2.24) is 0 Å². The van der Waals surface area contributed by atoms with Crippen LogP contribution in [0.4, 0.5) is 0 Å². The summed E-state index contributed by atoms with van der Waals surface area (Å²) in [7, 11) is 0. The molecule has 1 aromatic carbocycles. The van der Waals surface area contributed by atoms with E-state index in [0.29, 0.717) is 6.54 Å². The average Bonchev–Trinajstić information content (AvgIpc) is 2.61. The topological polar surface area (TPSA) is 39.2 Å². The molecule has 2 aromatic rings. The minimum Gasteiger partial charge on any atom is -0.456 e. The van der Waals surface area contributed by atoms with E-state index in [1.165, 1.54) is 0 Å². The zero-order valence-electron chi connectivity index (χ0n) is 7.99. The maximum atomic E-state index is 5.63. The van der Waals surface area contributed by atoms with Crippen molar-refractivity contribution in [1.29, 1.82) is 0 Å². The normalized spacial score (nSPS) is 10.6. The van der Waals surface area contributed by atoms with Gasteiger partial charge in [0.1, 0.15) is 11.3 Å². The molecule has 0 aliphatic carbocycles. The summed E-state index contributed by atoms with van der Waals surface area (Å²) >= 11 is 0. The first-order chi connectivity index (χ1) is 6.81. The van der Waals surface area contributed by atoms with Crippen molar-refractivity contribution >= 4 is 16.5 Å². The number of para-hydroxylation sites is 1. The molecule has 0 spiro atoms. The summed E-state index contributed by atoms with van der Waals surface area (Å²) in [6, 6.07) is 9.94. The SMILES string of the molecule is C=C(CCN)c1cc2ccccc2o1. The molecule has 14 heavy (non-hydrogen) atoms. The summed E-state index contributed by atoms with van der Waals surface area (Å²) in [5.41, 5.74) is 7.32. The molecule has 0 saturated carbocycles. The van der Waals surface area contributed by atoms with Gasteiger partial charge in [-0.3, -0.25) is 0 Å². The van der Waals surface area contributed by atoms with E-state index in [2.05, 4.69) is 6.58 Å². The van der Waals surface area contributed by atoms with Gasteiger partial charge in [0, 0.05) is 5.39 Å². The van der Waals surface area contributed by atoms with Gasteiger partial charge in [-0.25, -0.2) is 0 Å². The van der Waals surface area contributed by atoms with E-state index in [1.807, 2.05) is 30.3 Å². The molecule has 0 aliphatic heterocycles. The summed E-state index contributed by atoms with van der Waals surface area (Å²) < 4.78 is 5.63. The van der Waals surface area contributed by atoms with Crippen molar-refractivity contribution in [2.45, 2.75) is 6.42 Å². The standard InChI is InChI=1S/C12H13NO/c1-9(6-7-13)12-8-10-4-2-3-5-11(10)14-12/h2-5,8H,1,6-7,13H2. The van der Waals surface area contributed by atoms with Gasteiger partial charge >= 0.3 is 0 Å². The van der Waals surface area contributed by atoms with Crippen LogP contribution in [0.15, 0.2) is 41.3 Å². The quantitative estimate of drug-likeness (QED) is 0.802. The molecule has 0 unspecified atom stereocenters. The van der Waals surface area contributed by atoms with Gasteiger partial charge in [0.05, 0.1) is 0 Å². The smallest absolute Gasteiger partial charge is 0.134 e. The monoisotopic (exact) mass is 187 g/mol. The van der Waals surface area contributed by atoms with Crippen LogP contribution in [0, 0.1) is 0 Å². The molecule has 1 heterocycles. The minimum absolute atomic E-state index is 0.607. The van der Waals surface area contributed by atoms with Gasteiger partial charge in [-0.15, -0.1) is 0 Å². The second-order valence-electron chi connectivity index (χ2n) is 3.29. The van der Waals surface area contributed by atoms with Gasteiger partial charge < -0.3 is 10.2 Å². The van der Waals surface area contributed by atoms with Gasteiger partial charge in [0.25, 0.3) is 0 Å². The van der Waals surface area contributed by atoms with Crippen LogP contribution in [-0.4, -0.2) is 6.54 Å². The molecule has 0 atom stereocenters. The first-order valence-electron chi connectivity index (χ1n) is 4.68. The van der Waals surface area contributed by atoms with Crippen molar-refractivity contribution in [3.05, 3.63) is 42.7 Å². The Hall–Kier alpha value is -1.54. The maximum absolute atomic E-state index is 5.63. The number of fused-ring (bicyclic) bond motifs is 1. The highest BCUT2D eigenvalue weighted by atomic mass is 16.3. The third-order valence-electron chi connectivity index (χ3n) is 2.22. The molecule has 0 radical (unpaired) electrons. The molecule has 2 nitrogen and oxygen atoms in total. The van der Waals surface area contributed by atoms with Crippen LogP contribution >= 0.6 is 0 Å². The fraction of sp³-hybridized carbons (Fsp3) is 0.167. The van der Waals surface area contributed by atoms with Crippen molar-refractivity contribution in [2.24, 2.45) is 5.73 Å². The molecular formula is C12H13NO. The lowest BCUT2D eigenvalue weighted by Crippen LogP contribution is -1.98. The number of rotatable bonds is 3. The summed E-state index contributed by atoms with van der Waals surface area (Å²) in [6.07, 6.45) is 0.778. The van der Waals surface area contributed by atoms with E-state index >= 15 is 0 Å². The fourth-order valence-corrected chi connectivity index (χ4v) is 1.45. The summed E-state index contributed by atoms with van der Waals surface area (Å²) in [5.74, 6) is 0.844. The fourth-order valence-electron chi connectivity index (χ4n) is 1.45. The highest BCUT2D eigenvalue weighted by Gasteiger charge is 2.05. The van der Waals surface area contributed by atoms with Gasteiger partial charge in [0.2, 0.25) is 0 Å². The van der Waals surface area contributed by atoms with Crippen molar-refractivity contribution < 1.29 is 4.42 Å². The molecule has 1 aromatic heterocycles. The van der Waals surface area contributed by atoms with E-state index in [-0.39, 0.29) is 0 Å². The second kappa shape index (κ2) is 3.68. The lowest BCUT2D eigenvalue weighted by molar-refractivity contribution is 0.596. The Bertz CT molecular complexity index is 423. The molecule has 72 valence electrons. The van der Waals surface area contributed by atoms with Crippen LogP contribution in [0.5, 0.6) is 0 Å². The van der Waals surface area contributed by atoms with E-state index < -0.39 is 0 Å². The number of furan rings is 1. The number of hydrogen-bond acceptors (Lipinski definition) is 2. The Labute approximate surface area is 83.0 Å². The number of hydrogen-bond donors (Lipinski definition) is 1. The third-order valence-corrected chi connectivity index (χ3v) is 2.22. The Morgan fingerprint density at radius 2 is 2.14 bits per heavy atom. The van der Waals surface area contributed by atoms with Gasteiger partial charge in [-0.1, -0.05) is 24.8 Å². The lowest BCUT2D eigenvalue weighted by Gasteiger charge is -1.97. The third kappa shape index (κ3) is 1.56. The Balaban J connectivity index is 2.40. The van der Waals surface area contributed by atoms with Crippen LogP contribution in [0.3, 0.4) is 0 Å². The molecule has 0 saturated heterocycles. The molecular weight excluding hydrogens is 174 g/mol. The summed E-state index contributed by atoms with van der Waals surface area (Å²) in [6.45, 7) is 4.54. The molecule has 0 amide bonds. The van der Waals surface area contributed by atoms with Crippen LogP contribution in [0.25, 0.3) is 16.5 Å². The first kappa shape index (κ1) is 9.03. The van der Waals surface area contributed by atoms with E-state index in [1.54, 1.807) is 0 Å². The molecule has 2 rings (SSSR count). The molecule has 0 fully saturated rings. The van der Waals surface area contributed by atoms with Crippen molar-refractivity contribution in [2.75, 3.05) is 6.54 Å². The molecule has 2 N–H and O–H groups in total. The molecule has 0 aliphatic rings. The number of benzene rings is 1. The average molecular weight is 187 g/mol. The lowest BCUT2D eigenvalue weighted by atomic mass is 10.1. The van der Waals surface area contributed by atoms with E-state index in [9.17, 15) is 0 Å². The number of nitrogens with two attached hydrogens (primary N) is 1. The van der Waals surface area contributed by atoms with Crippen molar-refractivity contribution in [3.63, 3.8) is 0 Å². The zero-order chi connectivity index (χ0) is 9.97. The summed E-state index contributed by atoms with van der Waals surface area (Å²) in [4.78, 5) is 0. The first-order valence-corrected chi connectivity index (χ1v) is 4.68. The van der Waals surface area contributed by atoms with Crippen molar-refractivity contribution in [3.8, 4) is 0 Å². The predicted octanol–water partition coefficient (Wildman–Crippen LogP) is 2.79. The Morgan fingerprint density at radius 1 is 1.36 bits per heavy atom. The minimum atomic E-state index is 0.607. The van der Waals surface area contributed by atoms with E-state index in [0.717, 1.165) is 28.7 Å². The van der Waals surface area contributed by atoms with Gasteiger partial charge in [-0.2, -0.15) is 0 Å². The summed E-state index contributed by atoms with van der Waals surface area (Å²) in [5, 5.41) is 1.11.